The highest BCUT2D eigenvalue weighted by Crippen LogP contribution is 2.25. The van der Waals surface area contributed by atoms with Crippen LogP contribution in [0.4, 0.5) is 23.4 Å². The molecular weight excluding hydrogens is 432 g/mol. The number of nitrogens with one attached hydrogen (secondary N) is 2. The summed E-state index contributed by atoms with van der Waals surface area (Å²) >= 11 is 0. The van der Waals surface area contributed by atoms with Gasteiger partial charge in [0.15, 0.2) is 11.5 Å². The molecule has 2 rings (SSSR count). The van der Waals surface area contributed by atoms with Crippen LogP contribution in [0.3, 0.4) is 0 Å². The molecule has 2 aromatic rings. The number of pyridine rings is 1. The molecule has 0 radical (unpaired) electrons. The van der Waals surface area contributed by atoms with E-state index in [0.29, 0.717) is 6.92 Å². The van der Waals surface area contributed by atoms with Gasteiger partial charge in [-0.1, -0.05) is 0 Å². The van der Waals surface area contributed by atoms with Gasteiger partial charge in [-0.2, -0.15) is 28.4 Å². The van der Waals surface area contributed by atoms with Gasteiger partial charge in [0, 0.05) is 13.2 Å². The Bertz CT molecular complexity index is 1190. The van der Waals surface area contributed by atoms with Crippen LogP contribution in [0.5, 0.6) is 0 Å². The van der Waals surface area contributed by atoms with Crippen molar-refractivity contribution in [1.82, 2.24) is 14.3 Å². The van der Waals surface area contributed by atoms with E-state index in [9.17, 15) is 36.0 Å². The van der Waals surface area contributed by atoms with Gasteiger partial charge in [0.1, 0.15) is 40.2 Å². The fourth-order valence-corrected chi connectivity index (χ4v) is 3.75. The van der Waals surface area contributed by atoms with Gasteiger partial charge in [0.2, 0.25) is 10.0 Å². The molecule has 0 saturated heterocycles. The molecule has 0 aliphatic rings. The van der Waals surface area contributed by atoms with Crippen molar-refractivity contribution in [3.63, 3.8) is 0 Å². The lowest BCUT2D eigenvalue weighted by molar-refractivity contribution is -0.147. The third kappa shape index (κ3) is 4.56. The summed E-state index contributed by atoms with van der Waals surface area (Å²) < 4.78 is 78.5. The maximum absolute atomic E-state index is 13.3. The lowest BCUT2D eigenvalue weighted by Crippen LogP contribution is -2.43. The minimum Gasteiger partial charge on any atom is -0.344 e. The Hall–Kier alpha value is -3.49. The van der Waals surface area contributed by atoms with E-state index in [1.807, 2.05) is 0 Å². The third-order valence-electron chi connectivity index (χ3n) is 3.78. The summed E-state index contributed by atoms with van der Waals surface area (Å²) in [5, 5.41) is 20.3. The topological polar surface area (TPSA) is 141 Å². The van der Waals surface area contributed by atoms with Gasteiger partial charge in [0.25, 0.3) is 5.91 Å². The zero-order valence-corrected chi connectivity index (χ0v) is 16.1. The number of alkyl halides is 3. The van der Waals surface area contributed by atoms with Crippen LogP contribution < -0.4 is 10.0 Å². The van der Waals surface area contributed by atoms with Crippen molar-refractivity contribution in [3.05, 3.63) is 41.1 Å². The van der Waals surface area contributed by atoms with E-state index >= 15 is 0 Å². The predicted octanol–water partition coefficient (Wildman–Crippen LogP) is 1.78. The van der Waals surface area contributed by atoms with E-state index < -0.39 is 55.8 Å². The molecule has 9 nitrogen and oxygen atoms in total. The van der Waals surface area contributed by atoms with E-state index in [4.69, 9.17) is 5.26 Å². The molecule has 0 saturated carbocycles. The second-order valence-corrected chi connectivity index (χ2v) is 7.60. The summed E-state index contributed by atoms with van der Waals surface area (Å²) in [6, 6.07) is 2.38. The maximum Gasteiger partial charge on any atom is 0.404 e. The van der Waals surface area contributed by atoms with Crippen molar-refractivity contribution >= 4 is 21.7 Å². The fraction of sp³-hybridized carbons (Fsp3) is 0.250. The minimum atomic E-state index is -4.87. The number of sulfonamides is 1. The number of aromatic nitrogens is 2. The second kappa shape index (κ2) is 8.10. The molecule has 2 heterocycles. The first-order valence-corrected chi connectivity index (χ1v) is 9.36. The third-order valence-corrected chi connectivity index (χ3v) is 5.33. The number of nitriles is 2. The fourth-order valence-electron chi connectivity index (χ4n) is 2.31. The predicted molar refractivity (Wildman–Crippen MR) is 92.8 cm³/mol. The highest BCUT2D eigenvalue weighted by molar-refractivity contribution is 7.89. The molecule has 1 atom stereocenters. The Morgan fingerprint density at radius 1 is 1.27 bits per heavy atom. The normalized spacial score (nSPS) is 12.7. The van der Waals surface area contributed by atoms with Crippen LogP contribution in [0, 0.1) is 28.5 Å². The van der Waals surface area contributed by atoms with E-state index in [1.54, 1.807) is 0 Å². The van der Waals surface area contributed by atoms with Crippen molar-refractivity contribution < 1.29 is 30.8 Å². The van der Waals surface area contributed by atoms with Crippen LogP contribution >= 0.6 is 0 Å². The number of rotatable bonds is 5. The molecule has 30 heavy (non-hydrogen) atoms. The number of aryl methyl sites for hydroxylation is 1. The highest BCUT2D eigenvalue weighted by Gasteiger charge is 2.40. The molecule has 2 N–H and O–H groups in total. The lowest BCUT2D eigenvalue weighted by Gasteiger charge is -2.16. The molecule has 0 aromatic carbocycles. The SMILES string of the molecule is CC(NS(=O)(=O)c1cn(C)c(C(=O)Nc2ccc(F)c(C#N)n2)c1C#N)C(F)(F)F. The van der Waals surface area contributed by atoms with Crippen LogP contribution in [-0.2, 0) is 17.1 Å². The van der Waals surface area contributed by atoms with Crippen LogP contribution in [-0.4, -0.2) is 36.1 Å². The van der Waals surface area contributed by atoms with Gasteiger partial charge in [-0.05, 0) is 19.1 Å². The first-order chi connectivity index (χ1) is 13.8. The number of hydrogen-bond acceptors (Lipinski definition) is 6. The molecule has 0 bridgehead atoms. The average Bonchev–Trinajstić information content (AvgIpc) is 2.99. The molecule has 0 fully saturated rings. The zero-order chi connectivity index (χ0) is 22.9. The highest BCUT2D eigenvalue weighted by atomic mass is 32.2. The van der Waals surface area contributed by atoms with Crippen LogP contribution in [0.2, 0.25) is 0 Å². The first kappa shape index (κ1) is 22.8. The number of amides is 1. The first-order valence-electron chi connectivity index (χ1n) is 7.88. The number of hydrogen-bond donors (Lipinski definition) is 2. The molecular formula is C16H12F4N6O3S. The minimum absolute atomic E-state index is 0.267. The van der Waals surface area contributed by atoms with Gasteiger partial charge in [-0.15, -0.1) is 0 Å². The Kier molecular flexibility index (Phi) is 6.15. The zero-order valence-electron chi connectivity index (χ0n) is 15.2. The Labute approximate surface area is 167 Å². The van der Waals surface area contributed by atoms with Crippen LogP contribution in [0.1, 0.15) is 28.7 Å². The van der Waals surface area contributed by atoms with Crippen molar-refractivity contribution in [2.24, 2.45) is 7.05 Å². The Morgan fingerprint density at radius 3 is 2.43 bits per heavy atom. The maximum atomic E-state index is 13.3. The molecule has 1 amide bonds. The van der Waals surface area contributed by atoms with Crippen molar-refractivity contribution in [2.45, 2.75) is 24.0 Å². The molecule has 158 valence electrons. The number of carbonyl (C=O) groups excluding carboxylic acids is 1. The summed E-state index contributed by atoms with van der Waals surface area (Å²) in [6.07, 6.45) is -4.07. The number of nitrogens with zero attached hydrogens (tertiary/aromatic N) is 4. The summed E-state index contributed by atoms with van der Waals surface area (Å²) in [4.78, 5) is 15.2. The average molecular weight is 444 g/mol. The summed E-state index contributed by atoms with van der Waals surface area (Å²) in [5.74, 6) is -2.26. The van der Waals surface area contributed by atoms with Gasteiger partial charge >= 0.3 is 6.18 Å². The number of carbonyl (C=O) groups is 1. The van der Waals surface area contributed by atoms with E-state index in [-0.39, 0.29) is 5.82 Å². The van der Waals surface area contributed by atoms with Crippen molar-refractivity contribution in [1.29, 1.82) is 10.5 Å². The molecule has 0 aliphatic carbocycles. The van der Waals surface area contributed by atoms with Gasteiger partial charge < -0.3 is 9.88 Å². The standard InChI is InChI=1S/C16H12F4N6O3S/c1-8(16(18,19)20)25-30(28,29)12-7-26(2)14(9(12)5-21)15(27)24-13-4-3-10(17)11(6-22)23-13/h3-4,7-8,25H,1-2H3,(H,23,24,27). The summed E-state index contributed by atoms with van der Waals surface area (Å²) in [5.41, 5.74) is -1.82. The lowest BCUT2D eigenvalue weighted by atomic mass is 10.2. The Balaban J connectivity index is 2.44. The number of halogens is 4. The molecule has 1 unspecified atom stereocenters. The van der Waals surface area contributed by atoms with Crippen LogP contribution in [0.15, 0.2) is 23.2 Å². The smallest absolute Gasteiger partial charge is 0.344 e. The summed E-state index contributed by atoms with van der Waals surface area (Å²) in [6.45, 7) is 0.577. The largest absolute Gasteiger partial charge is 0.404 e. The van der Waals surface area contributed by atoms with Gasteiger partial charge in [-0.3, -0.25) is 4.79 Å². The molecule has 14 heteroatoms. The van der Waals surface area contributed by atoms with Crippen molar-refractivity contribution in [3.8, 4) is 12.1 Å². The van der Waals surface area contributed by atoms with Crippen LogP contribution in [0.25, 0.3) is 0 Å². The van der Waals surface area contributed by atoms with E-state index in [1.165, 1.54) is 23.9 Å². The summed E-state index contributed by atoms with van der Waals surface area (Å²) in [7, 11) is -3.62. The quantitative estimate of drug-likeness (QED) is 0.674. The molecule has 0 spiro atoms. The monoisotopic (exact) mass is 444 g/mol. The van der Waals surface area contributed by atoms with Gasteiger partial charge in [-0.25, -0.2) is 17.8 Å². The van der Waals surface area contributed by atoms with Crippen molar-refractivity contribution in [2.75, 3.05) is 5.32 Å². The van der Waals surface area contributed by atoms with Gasteiger partial charge in [0.05, 0.1) is 0 Å². The Morgan fingerprint density at radius 2 is 1.90 bits per heavy atom. The van der Waals surface area contributed by atoms with E-state index in [0.717, 1.165) is 22.9 Å². The van der Waals surface area contributed by atoms with E-state index in [2.05, 4.69) is 10.3 Å². The number of anilines is 1. The second-order valence-electron chi connectivity index (χ2n) is 5.92. The molecule has 2 aromatic heterocycles. The molecule has 0 aliphatic heterocycles.